The van der Waals surface area contributed by atoms with Crippen LogP contribution in [0, 0.1) is 0 Å². The fourth-order valence-corrected chi connectivity index (χ4v) is 2.56. The van der Waals surface area contributed by atoms with Crippen molar-refractivity contribution in [1.82, 2.24) is 10.3 Å². The number of hydrogen-bond acceptors (Lipinski definition) is 6. The number of fused-ring (bicyclic) bond motifs is 1. The van der Waals surface area contributed by atoms with Gasteiger partial charge < -0.3 is 34.4 Å². The zero-order valence-corrected chi connectivity index (χ0v) is 15.8. The maximum atomic E-state index is 11.9. The van der Waals surface area contributed by atoms with Gasteiger partial charge in [-0.15, -0.1) is 0 Å². The monoisotopic (exact) mass is 394 g/mol. The Morgan fingerprint density at radius 3 is 2.46 bits per heavy atom. The van der Waals surface area contributed by atoms with Crippen LogP contribution in [0.3, 0.4) is 0 Å². The van der Waals surface area contributed by atoms with Crippen molar-refractivity contribution in [3.05, 3.63) is 36.0 Å². The zero-order valence-electron chi connectivity index (χ0n) is 15.8. The van der Waals surface area contributed by atoms with Crippen molar-refractivity contribution in [1.29, 1.82) is 0 Å². The first kappa shape index (κ1) is 21.7. The molecule has 9 heteroatoms. The number of carbonyl (C=O) groups is 2. The third-order valence-electron chi connectivity index (χ3n) is 3.95. The highest BCUT2D eigenvalue weighted by Gasteiger charge is 2.22. The molecule has 154 valence electrons. The van der Waals surface area contributed by atoms with E-state index in [0.29, 0.717) is 26.4 Å². The number of aromatic nitrogens is 1. The van der Waals surface area contributed by atoms with Crippen molar-refractivity contribution in [2.24, 2.45) is 0 Å². The lowest BCUT2D eigenvalue weighted by Gasteiger charge is -2.14. The summed E-state index contributed by atoms with van der Waals surface area (Å²) in [7, 11) is 1.59. The van der Waals surface area contributed by atoms with Gasteiger partial charge in [-0.3, -0.25) is 0 Å². The number of H-pyrrole nitrogens is 1. The fraction of sp³-hybridized carbons (Fsp3) is 0.474. The van der Waals surface area contributed by atoms with E-state index in [-0.39, 0.29) is 19.6 Å². The first-order valence-corrected chi connectivity index (χ1v) is 8.97. The van der Waals surface area contributed by atoms with Gasteiger partial charge in [0.2, 0.25) is 0 Å². The van der Waals surface area contributed by atoms with E-state index in [1.807, 2.05) is 24.3 Å². The van der Waals surface area contributed by atoms with Gasteiger partial charge in [0.15, 0.2) is 0 Å². The highest BCUT2D eigenvalue weighted by atomic mass is 16.6. The molecule has 1 amide bonds. The van der Waals surface area contributed by atoms with Gasteiger partial charge in [0.05, 0.1) is 33.0 Å². The number of aromatic amines is 1. The lowest BCUT2D eigenvalue weighted by molar-refractivity contribution is -0.139. The average Bonchev–Trinajstić information content (AvgIpc) is 3.09. The van der Waals surface area contributed by atoms with Crippen LogP contribution >= 0.6 is 0 Å². The van der Waals surface area contributed by atoms with E-state index in [1.165, 1.54) is 0 Å². The Morgan fingerprint density at radius 2 is 1.75 bits per heavy atom. The van der Waals surface area contributed by atoms with Gasteiger partial charge >= 0.3 is 12.1 Å². The van der Waals surface area contributed by atoms with E-state index in [1.54, 1.807) is 13.3 Å². The fourth-order valence-electron chi connectivity index (χ4n) is 2.56. The summed E-state index contributed by atoms with van der Waals surface area (Å²) in [5.74, 6) is -1.13. The lowest BCUT2D eigenvalue weighted by Crippen LogP contribution is -2.42. The largest absolute Gasteiger partial charge is 0.480 e. The molecule has 1 aromatic carbocycles. The van der Waals surface area contributed by atoms with Gasteiger partial charge in [-0.25, -0.2) is 9.59 Å². The molecule has 1 heterocycles. The van der Waals surface area contributed by atoms with Gasteiger partial charge in [0.1, 0.15) is 12.6 Å². The van der Waals surface area contributed by atoms with E-state index >= 15 is 0 Å². The maximum absolute atomic E-state index is 11.9. The zero-order chi connectivity index (χ0) is 20.2. The molecule has 0 fully saturated rings. The Labute approximate surface area is 162 Å². The van der Waals surface area contributed by atoms with Crippen molar-refractivity contribution in [2.75, 3.05) is 46.8 Å². The van der Waals surface area contributed by atoms with Crippen LogP contribution in [-0.2, 0) is 30.2 Å². The summed E-state index contributed by atoms with van der Waals surface area (Å²) in [4.78, 5) is 26.4. The molecular weight excluding hydrogens is 368 g/mol. The number of nitrogens with one attached hydrogen (secondary N) is 2. The molecule has 0 aliphatic rings. The van der Waals surface area contributed by atoms with Crippen LogP contribution in [0.15, 0.2) is 30.5 Å². The number of ether oxygens (including phenoxy) is 4. The highest BCUT2D eigenvalue weighted by Crippen LogP contribution is 2.19. The molecule has 3 N–H and O–H groups in total. The molecule has 0 radical (unpaired) electrons. The third-order valence-corrected chi connectivity index (χ3v) is 3.95. The molecule has 0 saturated carbocycles. The van der Waals surface area contributed by atoms with Crippen molar-refractivity contribution in [2.45, 2.75) is 12.5 Å². The van der Waals surface area contributed by atoms with E-state index in [2.05, 4.69) is 10.3 Å². The van der Waals surface area contributed by atoms with Crippen LogP contribution in [0.25, 0.3) is 10.9 Å². The molecule has 0 saturated heterocycles. The number of carboxylic acids is 1. The summed E-state index contributed by atoms with van der Waals surface area (Å²) in [6.07, 6.45) is 1.09. The smallest absolute Gasteiger partial charge is 0.407 e. The van der Waals surface area contributed by atoms with Gasteiger partial charge in [-0.2, -0.15) is 0 Å². The van der Waals surface area contributed by atoms with Crippen molar-refractivity contribution >= 4 is 23.0 Å². The molecule has 2 aromatic rings. The minimum atomic E-state index is -1.13. The lowest BCUT2D eigenvalue weighted by atomic mass is 10.1. The number of rotatable bonds is 13. The molecular formula is C19H26N2O7. The van der Waals surface area contributed by atoms with E-state index < -0.39 is 18.1 Å². The normalized spacial score (nSPS) is 12.0. The standard InChI is InChI=1S/C19H26N2O7/c1-25-6-7-26-8-9-27-10-11-28-19(24)21-17(18(22)23)12-14-13-20-16-5-3-2-4-15(14)16/h2-5,13,17,20H,6-12H2,1H3,(H,21,24)(H,22,23). The quantitative estimate of drug-likeness (QED) is 0.441. The molecule has 0 aliphatic carbocycles. The van der Waals surface area contributed by atoms with Crippen LogP contribution in [0.2, 0.25) is 0 Å². The summed E-state index contributed by atoms with van der Waals surface area (Å²) in [5.41, 5.74) is 1.72. The third kappa shape index (κ3) is 7.18. The Balaban J connectivity index is 1.69. The summed E-state index contributed by atoms with van der Waals surface area (Å²) >= 11 is 0. The molecule has 0 aliphatic heterocycles. The number of para-hydroxylation sites is 1. The predicted octanol–water partition coefficient (Wildman–Crippen LogP) is 1.57. The molecule has 2 rings (SSSR count). The topological polar surface area (TPSA) is 119 Å². The molecule has 0 spiro atoms. The molecule has 28 heavy (non-hydrogen) atoms. The van der Waals surface area contributed by atoms with Crippen LogP contribution in [0.5, 0.6) is 0 Å². The van der Waals surface area contributed by atoms with Crippen molar-refractivity contribution < 1.29 is 33.6 Å². The van der Waals surface area contributed by atoms with Gasteiger partial charge in [0, 0.05) is 30.6 Å². The first-order chi connectivity index (χ1) is 13.6. The minimum absolute atomic E-state index is 0.0172. The Bertz CT molecular complexity index is 747. The SMILES string of the molecule is COCCOCCOCCOC(=O)NC(Cc1c[nH]c2ccccc12)C(=O)O. The minimum Gasteiger partial charge on any atom is -0.480 e. The number of benzene rings is 1. The number of carboxylic acid groups (broad SMARTS) is 1. The van der Waals surface area contributed by atoms with E-state index in [0.717, 1.165) is 16.5 Å². The molecule has 1 atom stereocenters. The van der Waals surface area contributed by atoms with Crippen LogP contribution in [0.4, 0.5) is 4.79 Å². The number of hydrogen-bond donors (Lipinski definition) is 3. The second-order valence-corrected chi connectivity index (χ2v) is 5.95. The van der Waals surface area contributed by atoms with Crippen molar-refractivity contribution in [3.8, 4) is 0 Å². The Kier molecular flexibility index (Phi) is 9.26. The summed E-state index contributed by atoms with van der Waals surface area (Å²) < 4.78 is 20.3. The maximum Gasteiger partial charge on any atom is 0.407 e. The number of amides is 1. The Hall–Kier alpha value is -2.62. The average molecular weight is 394 g/mol. The molecule has 1 aromatic heterocycles. The first-order valence-electron chi connectivity index (χ1n) is 8.97. The van der Waals surface area contributed by atoms with Gasteiger partial charge in [-0.1, -0.05) is 18.2 Å². The van der Waals surface area contributed by atoms with E-state index in [4.69, 9.17) is 18.9 Å². The summed E-state index contributed by atoms with van der Waals surface area (Å²) in [6, 6.07) is 6.47. The predicted molar refractivity (Wildman–Crippen MR) is 101 cm³/mol. The van der Waals surface area contributed by atoms with Gasteiger partial charge in [-0.05, 0) is 11.6 Å². The summed E-state index contributed by atoms with van der Waals surface area (Å²) in [5, 5.41) is 12.7. The molecule has 0 bridgehead atoms. The molecule has 9 nitrogen and oxygen atoms in total. The highest BCUT2D eigenvalue weighted by molar-refractivity contribution is 5.85. The number of aliphatic carboxylic acids is 1. The Morgan fingerprint density at radius 1 is 1.07 bits per heavy atom. The summed E-state index contributed by atoms with van der Waals surface area (Å²) in [6.45, 7) is 2.01. The second kappa shape index (κ2) is 12.0. The van der Waals surface area contributed by atoms with Crippen LogP contribution < -0.4 is 5.32 Å². The number of alkyl carbamates (subject to hydrolysis) is 1. The van der Waals surface area contributed by atoms with Crippen LogP contribution in [-0.4, -0.2) is 74.9 Å². The molecule has 1 unspecified atom stereocenters. The second-order valence-electron chi connectivity index (χ2n) is 5.95. The number of methoxy groups -OCH3 is 1. The van der Waals surface area contributed by atoms with Gasteiger partial charge in [0.25, 0.3) is 0 Å². The van der Waals surface area contributed by atoms with Crippen LogP contribution in [0.1, 0.15) is 5.56 Å². The van der Waals surface area contributed by atoms with E-state index in [9.17, 15) is 14.7 Å². The number of carbonyl (C=O) groups excluding carboxylic acids is 1. The van der Waals surface area contributed by atoms with Crippen molar-refractivity contribution in [3.63, 3.8) is 0 Å².